The van der Waals surface area contributed by atoms with Gasteiger partial charge in [0.1, 0.15) is 5.00 Å². The third-order valence-corrected chi connectivity index (χ3v) is 2.06. The van der Waals surface area contributed by atoms with Gasteiger partial charge in [-0.15, -0.1) is 0 Å². The van der Waals surface area contributed by atoms with E-state index in [9.17, 15) is 0 Å². The van der Waals surface area contributed by atoms with Crippen LogP contribution in [0, 0.1) is 13.8 Å². The summed E-state index contributed by atoms with van der Waals surface area (Å²) in [5, 5.41) is 0.836. The Bertz CT molecular complexity index is 173. The summed E-state index contributed by atoms with van der Waals surface area (Å²) >= 11 is 1.36. The quantitative estimate of drug-likeness (QED) is 0.572. The third kappa shape index (κ3) is 0.690. The van der Waals surface area contributed by atoms with Gasteiger partial charge >= 0.3 is 0 Å². The number of rotatable bonds is 0. The molecule has 0 aromatic carbocycles. The highest BCUT2D eigenvalue weighted by Gasteiger charge is 1.98. The molecule has 1 aromatic rings. The molecule has 2 nitrogen and oxygen atoms in total. The average Bonchev–Trinajstić information content (AvgIpc) is 1.98. The maximum absolute atomic E-state index is 5.50. The van der Waals surface area contributed by atoms with Gasteiger partial charge < -0.3 is 5.73 Å². The number of anilines is 1. The van der Waals surface area contributed by atoms with Crippen LogP contribution in [0.4, 0.5) is 5.00 Å². The van der Waals surface area contributed by atoms with Gasteiger partial charge in [-0.05, 0) is 25.4 Å². The van der Waals surface area contributed by atoms with Gasteiger partial charge in [-0.25, -0.2) is 0 Å². The highest BCUT2D eigenvalue weighted by atomic mass is 32.1. The van der Waals surface area contributed by atoms with E-state index in [-0.39, 0.29) is 0 Å². The second kappa shape index (κ2) is 1.74. The van der Waals surface area contributed by atoms with Crippen molar-refractivity contribution < 1.29 is 0 Å². The second-order valence-corrected chi connectivity index (χ2v) is 2.56. The van der Waals surface area contributed by atoms with E-state index in [4.69, 9.17) is 5.73 Å². The van der Waals surface area contributed by atoms with Crippen LogP contribution < -0.4 is 5.73 Å². The molecule has 0 bridgehead atoms. The van der Waals surface area contributed by atoms with Crippen LogP contribution in [0.25, 0.3) is 0 Å². The number of nitrogens with two attached hydrogens (primary N) is 1. The van der Waals surface area contributed by atoms with Crippen molar-refractivity contribution in [1.29, 1.82) is 0 Å². The minimum absolute atomic E-state index is 0.836. The summed E-state index contributed by atoms with van der Waals surface area (Å²) in [6.45, 7) is 3.94. The van der Waals surface area contributed by atoms with Crippen molar-refractivity contribution in [3.8, 4) is 0 Å². The highest BCUT2D eigenvalue weighted by Crippen LogP contribution is 2.17. The van der Waals surface area contributed by atoms with Crippen LogP contribution in [-0.2, 0) is 0 Å². The van der Waals surface area contributed by atoms with Gasteiger partial charge in [-0.1, -0.05) is 0 Å². The molecule has 2 N–H and O–H groups in total. The Morgan fingerprint density at radius 1 is 1.50 bits per heavy atom. The van der Waals surface area contributed by atoms with Crippen molar-refractivity contribution in [3.63, 3.8) is 0 Å². The smallest absolute Gasteiger partial charge is 0.110 e. The first kappa shape index (κ1) is 5.56. The first-order valence-corrected chi connectivity index (χ1v) is 3.17. The molecule has 0 fully saturated rings. The maximum Gasteiger partial charge on any atom is 0.110 e. The van der Waals surface area contributed by atoms with Crippen molar-refractivity contribution in [1.82, 2.24) is 4.37 Å². The van der Waals surface area contributed by atoms with Gasteiger partial charge in [0.25, 0.3) is 0 Å². The normalized spacial score (nSPS) is 9.75. The summed E-state index contributed by atoms with van der Waals surface area (Å²) in [4.78, 5) is 0. The topological polar surface area (TPSA) is 38.9 Å². The number of aromatic nitrogens is 1. The largest absolute Gasteiger partial charge is 0.389 e. The Morgan fingerprint density at radius 2 is 2.12 bits per heavy atom. The zero-order chi connectivity index (χ0) is 6.15. The molecule has 0 atom stereocenters. The lowest BCUT2D eigenvalue weighted by Crippen LogP contribution is -1.81. The zero-order valence-electron chi connectivity index (χ0n) is 4.93. The van der Waals surface area contributed by atoms with Gasteiger partial charge in [0.2, 0.25) is 0 Å². The van der Waals surface area contributed by atoms with Gasteiger partial charge in [-0.3, -0.25) is 0 Å². The van der Waals surface area contributed by atoms with Crippen LogP contribution in [0.1, 0.15) is 11.3 Å². The lowest BCUT2D eigenvalue weighted by Gasteiger charge is -1.84. The van der Waals surface area contributed by atoms with Crippen LogP contribution >= 0.6 is 11.5 Å². The number of hydrogen-bond donors (Lipinski definition) is 1. The van der Waals surface area contributed by atoms with Gasteiger partial charge in [-0.2, -0.15) is 4.37 Å². The second-order valence-electron chi connectivity index (χ2n) is 1.76. The SMILES string of the molecule is Cc1nsc(N)c1C. The predicted molar refractivity (Wildman–Crippen MR) is 36.0 cm³/mol. The molecule has 0 aliphatic rings. The Hall–Kier alpha value is -0.570. The molecule has 8 heavy (non-hydrogen) atoms. The first-order chi connectivity index (χ1) is 3.72. The van der Waals surface area contributed by atoms with Crippen molar-refractivity contribution in [2.45, 2.75) is 13.8 Å². The number of nitrogen functional groups attached to an aromatic ring is 1. The lowest BCUT2D eigenvalue weighted by atomic mass is 10.3. The van der Waals surface area contributed by atoms with Crippen LogP contribution in [0.2, 0.25) is 0 Å². The van der Waals surface area contributed by atoms with Crippen molar-refractivity contribution in [2.75, 3.05) is 5.73 Å². The van der Waals surface area contributed by atoms with E-state index < -0.39 is 0 Å². The van der Waals surface area contributed by atoms with E-state index in [1.165, 1.54) is 11.5 Å². The molecule has 0 unspecified atom stereocenters. The molecule has 0 amide bonds. The average molecular weight is 128 g/mol. The fraction of sp³-hybridized carbons (Fsp3) is 0.400. The fourth-order valence-corrected chi connectivity index (χ4v) is 1.09. The Kier molecular flexibility index (Phi) is 1.21. The Balaban J connectivity index is 3.19. The minimum Gasteiger partial charge on any atom is -0.389 e. The van der Waals surface area contributed by atoms with Crippen molar-refractivity contribution in [2.24, 2.45) is 0 Å². The molecular weight excluding hydrogens is 120 g/mol. The molecule has 1 rings (SSSR count). The predicted octanol–water partition coefficient (Wildman–Crippen LogP) is 1.34. The van der Waals surface area contributed by atoms with Gasteiger partial charge in [0, 0.05) is 5.56 Å². The molecule has 44 valence electrons. The summed E-state index contributed by atoms with van der Waals surface area (Å²) < 4.78 is 4.03. The first-order valence-electron chi connectivity index (χ1n) is 2.40. The molecule has 0 aliphatic heterocycles. The Labute approximate surface area is 52.5 Å². The third-order valence-electron chi connectivity index (χ3n) is 1.19. The van der Waals surface area contributed by atoms with Crippen LogP contribution in [0.3, 0.4) is 0 Å². The van der Waals surface area contributed by atoms with E-state index >= 15 is 0 Å². The lowest BCUT2D eigenvalue weighted by molar-refractivity contribution is 1.28. The molecular formula is C5H8N2S. The van der Waals surface area contributed by atoms with Crippen LogP contribution in [0.5, 0.6) is 0 Å². The zero-order valence-corrected chi connectivity index (χ0v) is 5.75. The fourth-order valence-electron chi connectivity index (χ4n) is 0.433. The molecule has 0 aliphatic carbocycles. The standard InChI is InChI=1S/C5H8N2S/c1-3-4(2)7-8-5(3)6/h6H2,1-2H3. The van der Waals surface area contributed by atoms with E-state index in [1.54, 1.807) is 0 Å². The molecule has 0 saturated heterocycles. The van der Waals surface area contributed by atoms with E-state index in [0.717, 1.165) is 16.3 Å². The minimum atomic E-state index is 0.836. The van der Waals surface area contributed by atoms with Gasteiger partial charge in [0.15, 0.2) is 0 Å². The Morgan fingerprint density at radius 3 is 2.25 bits per heavy atom. The maximum atomic E-state index is 5.50. The van der Waals surface area contributed by atoms with Crippen LogP contribution in [0.15, 0.2) is 0 Å². The molecule has 3 heteroatoms. The summed E-state index contributed by atoms with van der Waals surface area (Å²) in [6, 6.07) is 0. The van der Waals surface area contributed by atoms with Crippen molar-refractivity contribution in [3.05, 3.63) is 11.3 Å². The number of aryl methyl sites for hydroxylation is 1. The highest BCUT2D eigenvalue weighted by molar-refractivity contribution is 7.10. The summed E-state index contributed by atoms with van der Waals surface area (Å²) in [5.74, 6) is 0. The van der Waals surface area contributed by atoms with E-state index in [2.05, 4.69) is 4.37 Å². The number of hydrogen-bond acceptors (Lipinski definition) is 3. The molecule has 0 radical (unpaired) electrons. The van der Waals surface area contributed by atoms with Crippen molar-refractivity contribution >= 4 is 16.5 Å². The van der Waals surface area contributed by atoms with Crippen LogP contribution in [-0.4, -0.2) is 4.37 Å². The molecule has 1 aromatic heterocycles. The molecule has 0 saturated carbocycles. The molecule has 1 heterocycles. The van der Waals surface area contributed by atoms with Gasteiger partial charge in [0.05, 0.1) is 5.69 Å². The summed E-state index contributed by atoms with van der Waals surface area (Å²) in [6.07, 6.45) is 0. The monoisotopic (exact) mass is 128 g/mol. The molecule has 0 spiro atoms. The van der Waals surface area contributed by atoms with E-state index in [0.29, 0.717) is 0 Å². The number of nitrogens with zero attached hydrogens (tertiary/aromatic N) is 1. The summed E-state index contributed by atoms with van der Waals surface area (Å²) in [7, 11) is 0. The summed E-state index contributed by atoms with van der Waals surface area (Å²) in [5.41, 5.74) is 7.67. The van der Waals surface area contributed by atoms with E-state index in [1.807, 2.05) is 13.8 Å².